The topological polar surface area (TPSA) is 67.5 Å². The quantitative estimate of drug-likeness (QED) is 0.676. The molecule has 3 N–H and O–H groups in total. The first kappa shape index (κ1) is 10.0. The van der Waals surface area contributed by atoms with Crippen molar-refractivity contribution in [2.24, 2.45) is 10.7 Å². The number of hydrogen-bond acceptors (Lipinski definition) is 3. The smallest absolute Gasteiger partial charge is 0.254 e. The fourth-order valence-electron chi connectivity index (χ4n) is 1.60. The van der Waals surface area contributed by atoms with E-state index in [1.807, 2.05) is 6.92 Å². The Bertz CT molecular complexity index is 237. The monoisotopic (exact) mass is 183 g/mol. The third kappa shape index (κ3) is 1.82. The average molecular weight is 183 g/mol. The van der Waals surface area contributed by atoms with E-state index in [1.54, 1.807) is 0 Å². The Morgan fingerprint density at radius 2 is 2.23 bits per heavy atom. The highest BCUT2D eigenvalue weighted by Crippen LogP contribution is 2.26. The number of aliphatic imine (C=N–C) groups is 1. The van der Waals surface area contributed by atoms with Gasteiger partial charge < -0.3 is 5.73 Å². The van der Waals surface area contributed by atoms with Gasteiger partial charge in [-0.2, -0.15) is 0 Å². The zero-order valence-corrected chi connectivity index (χ0v) is 8.26. The van der Waals surface area contributed by atoms with Crippen molar-refractivity contribution in [3.63, 3.8) is 0 Å². The second-order valence-corrected chi connectivity index (χ2v) is 3.44. The zero-order valence-electron chi connectivity index (χ0n) is 8.26. The van der Waals surface area contributed by atoms with Crippen molar-refractivity contribution < 1.29 is 4.79 Å². The summed E-state index contributed by atoms with van der Waals surface area (Å²) in [5, 5.41) is 2.56. The number of guanidine groups is 1. The summed E-state index contributed by atoms with van der Waals surface area (Å²) in [6.45, 7) is 4.07. The first-order valence-corrected chi connectivity index (χ1v) is 4.81. The van der Waals surface area contributed by atoms with Gasteiger partial charge in [0.1, 0.15) is 5.54 Å². The lowest BCUT2D eigenvalue weighted by molar-refractivity contribution is -0.124. The minimum atomic E-state index is -0.569. The number of carbonyl (C=O) groups is 1. The van der Waals surface area contributed by atoms with E-state index in [2.05, 4.69) is 17.2 Å². The molecule has 0 aromatic carbocycles. The Labute approximate surface area is 78.6 Å². The molecule has 0 aromatic rings. The normalized spacial score (nSPS) is 27.2. The van der Waals surface area contributed by atoms with Crippen molar-refractivity contribution in [1.82, 2.24) is 5.32 Å². The molecule has 74 valence electrons. The molecule has 0 radical (unpaired) electrons. The van der Waals surface area contributed by atoms with Crippen molar-refractivity contribution in [2.75, 3.05) is 0 Å². The number of nitrogens with zero attached hydrogens (tertiary/aromatic N) is 1. The molecule has 13 heavy (non-hydrogen) atoms. The highest BCUT2D eigenvalue weighted by Gasteiger charge is 2.40. The Morgan fingerprint density at radius 3 is 2.62 bits per heavy atom. The molecular formula is C9H17N3O. The maximum atomic E-state index is 11.5. The van der Waals surface area contributed by atoms with E-state index in [0.717, 1.165) is 25.7 Å². The Morgan fingerprint density at radius 1 is 1.54 bits per heavy atom. The molecule has 0 saturated heterocycles. The summed E-state index contributed by atoms with van der Waals surface area (Å²) in [7, 11) is 0. The summed E-state index contributed by atoms with van der Waals surface area (Å²) >= 11 is 0. The minimum absolute atomic E-state index is 0.0408. The van der Waals surface area contributed by atoms with Crippen molar-refractivity contribution >= 4 is 11.9 Å². The van der Waals surface area contributed by atoms with Gasteiger partial charge in [-0.05, 0) is 12.8 Å². The number of nitrogens with two attached hydrogens (primary N) is 1. The molecule has 4 nitrogen and oxygen atoms in total. The molecule has 1 unspecified atom stereocenters. The maximum Gasteiger partial charge on any atom is 0.254 e. The highest BCUT2D eigenvalue weighted by molar-refractivity contribution is 6.06. The Hall–Kier alpha value is -1.06. The van der Waals surface area contributed by atoms with Crippen molar-refractivity contribution in [2.45, 2.75) is 45.1 Å². The summed E-state index contributed by atoms with van der Waals surface area (Å²) in [4.78, 5) is 15.7. The molecule has 1 aliphatic rings. The van der Waals surface area contributed by atoms with Gasteiger partial charge in [0.2, 0.25) is 0 Å². The fourth-order valence-corrected chi connectivity index (χ4v) is 1.60. The van der Waals surface area contributed by atoms with E-state index in [1.165, 1.54) is 0 Å². The van der Waals surface area contributed by atoms with Crippen LogP contribution in [0.3, 0.4) is 0 Å². The first-order chi connectivity index (χ1) is 6.14. The van der Waals surface area contributed by atoms with Gasteiger partial charge in [-0.1, -0.05) is 26.7 Å². The van der Waals surface area contributed by atoms with E-state index in [9.17, 15) is 4.79 Å². The number of rotatable bonds is 4. The lowest BCUT2D eigenvalue weighted by atomic mass is 9.90. The number of nitrogens with one attached hydrogen (secondary N) is 1. The number of carbonyl (C=O) groups excluding carboxylic acids is 1. The summed E-state index contributed by atoms with van der Waals surface area (Å²) in [6.07, 6.45) is 3.61. The van der Waals surface area contributed by atoms with Crippen LogP contribution in [0.1, 0.15) is 39.5 Å². The lowest BCUT2D eigenvalue weighted by Crippen LogP contribution is -2.40. The van der Waals surface area contributed by atoms with Gasteiger partial charge in [0.05, 0.1) is 0 Å². The predicted octanol–water partition coefficient (Wildman–Crippen LogP) is 0.770. The van der Waals surface area contributed by atoms with Crippen molar-refractivity contribution in [1.29, 1.82) is 0 Å². The molecule has 4 heteroatoms. The largest absolute Gasteiger partial charge is 0.370 e. The van der Waals surface area contributed by atoms with Crippen LogP contribution in [0.4, 0.5) is 0 Å². The summed E-state index contributed by atoms with van der Waals surface area (Å²) in [6, 6.07) is 0. The highest BCUT2D eigenvalue weighted by atomic mass is 16.2. The molecule has 0 saturated carbocycles. The van der Waals surface area contributed by atoms with Gasteiger partial charge in [0.25, 0.3) is 5.91 Å². The SMILES string of the molecule is CCCCC1(CC)N=C(N)NC1=O. The molecule has 0 aromatic heterocycles. The van der Waals surface area contributed by atoms with Crippen molar-refractivity contribution in [3.8, 4) is 0 Å². The molecule has 0 fully saturated rings. The molecule has 1 amide bonds. The Kier molecular flexibility index (Phi) is 2.90. The second kappa shape index (κ2) is 3.77. The standard InChI is InChI=1S/C9H17N3O/c1-3-5-6-9(4-2)7(13)11-8(10)12-9/h3-6H2,1-2H3,(H3,10,11,12,13). The van der Waals surface area contributed by atoms with Gasteiger partial charge >= 0.3 is 0 Å². The van der Waals surface area contributed by atoms with Gasteiger partial charge in [0.15, 0.2) is 5.96 Å². The van der Waals surface area contributed by atoms with Crippen LogP contribution in [0.25, 0.3) is 0 Å². The summed E-state index contributed by atoms with van der Waals surface area (Å²) in [5.74, 6) is 0.226. The Balaban J connectivity index is 2.74. The van der Waals surface area contributed by atoms with Gasteiger partial charge in [-0.15, -0.1) is 0 Å². The van der Waals surface area contributed by atoms with Crippen LogP contribution in [-0.4, -0.2) is 17.4 Å². The van der Waals surface area contributed by atoms with Gasteiger partial charge in [-0.3, -0.25) is 10.1 Å². The van der Waals surface area contributed by atoms with Crippen LogP contribution in [0.5, 0.6) is 0 Å². The predicted molar refractivity (Wildman–Crippen MR) is 52.3 cm³/mol. The van der Waals surface area contributed by atoms with E-state index in [4.69, 9.17) is 5.73 Å². The maximum absolute atomic E-state index is 11.5. The van der Waals surface area contributed by atoms with Crippen LogP contribution in [-0.2, 0) is 4.79 Å². The van der Waals surface area contributed by atoms with Gasteiger partial charge in [0, 0.05) is 0 Å². The summed E-state index contributed by atoms with van der Waals surface area (Å²) in [5.41, 5.74) is 4.90. The molecule has 0 spiro atoms. The third-order valence-corrected chi connectivity index (χ3v) is 2.53. The van der Waals surface area contributed by atoms with E-state index >= 15 is 0 Å². The molecule has 1 heterocycles. The average Bonchev–Trinajstić information content (AvgIpc) is 2.38. The molecule has 1 rings (SSSR count). The number of amides is 1. The van der Waals surface area contributed by atoms with Crippen LogP contribution >= 0.6 is 0 Å². The van der Waals surface area contributed by atoms with E-state index in [-0.39, 0.29) is 11.9 Å². The fraction of sp³-hybridized carbons (Fsp3) is 0.778. The van der Waals surface area contributed by atoms with Crippen LogP contribution in [0, 0.1) is 0 Å². The number of unbranched alkanes of at least 4 members (excludes halogenated alkanes) is 1. The molecular weight excluding hydrogens is 166 g/mol. The minimum Gasteiger partial charge on any atom is -0.370 e. The van der Waals surface area contributed by atoms with Crippen LogP contribution < -0.4 is 11.1 Å². The van der Waals surface area contributed by atoms with Gasteiger partial charge in [-0.25, -0.2) is 4.99 Å². The number of hydrogen-bond donors (Lipinski definition) is 2. The zero-order chi connectivity index (χ0) is 9.90. The van der Waals surface area contributed by atoms with Crippen molar-refractivity contribution in [3.05, 3.63) is 0 Å². The van der Waals surface area contributed by atoms with E-state index < -0.39 is 5.54 Å². The van der Waals surface area contributed by atoms with E-state index in [0.29, 0.717) is 0 Å². The molecule has 1 atom stereocenters. The molecule has 0 bridgehead atoms. The molecule has 0 aliphatic carbocycles. The van der Waals surface area contributed by atoms with Crippen LogP contribution in [0.15, 0.2) is 4.99 Å². The second-order valence-electron chi connectivity index (χ2n) is 3.44. The first-order valence-electron chi connectivity index (χ1n) is 4.81. The lowest BCUT2D eigenvalue weighted by Gasteiger charge is -2.20. The van der Waals surface area contributed by atoms with Crippen LogP contribution in [0.2, 0.25) is 0 Å². The third-order valence-electron chi connectivity index (χ3n) is 2.53. The summed E-state index contributed by atoms with van der Waals surface area (Å²) < 4.78 is 0. The molecule has 1 aliphatic heterocycles.